The molecule has 1 aliphatic heterocycles. The summed E-state index contributed by atoms with van der Waals surface area (Å²) in [5.41, 5.74) is 1.73. The van der Waals surface area contributed by atoms with Crippen molar-refractivity contribution in [2.75, 3.05) is 31.1 Å². The highest BCUT2D eigenvalue weighted by Gasteiger charge is 2.29. The molecule has 5 nitrogen and oxygen atoms in total. The number of thiazole rings is 1. The van der Waals surface area contributed by atoms with Gasteiger partial charge in [0.1, 0.15) is 0 Å². The van der Waals surface area contributed by atoms with Crippen LogP contribution in [0.25, 0.3) is 11.3 Å². The number of hydrogen-bond donors (Lipinski definition) is 0. The highest BCUT2D eigenvalue weighted by atomic mass is 79.9. The Morgan fingerprint density at radius 3 is 2.31 bits per heavy atom. The maximum atomic E-state index is 12.8. The van der Waals surface area contributed by atoms with Gasteiger partial charge in [0.2, 0.25) is 10.0 Å². The van der Waals surface area contributed by atoms with Crippen molar-refractivity contribution in [2.45, 2.75) is 4.90 Å². The minimum absolute atomic E-state index is 0.310. The Bertz CT molecular complexity index is 1130. The third-order valence-corrected chi connectivity index (χ3v) is 8.75. The summed E-state index contributed by atoms with van der Waals surface area (Å²) < 4.78 is 28.1. The minimum Gasteiger partial charge on any atom is -0.345 e. The quantitative estimate of drug-likeness (QED) is 0.452. The molecule has 0 bridgehead atoms. The molecule has 0 amide bonds. The molecule has 0 radical (unpaired) electrons. The Hall–Kier alpha value is -1.16. The normalized spacial score (nSPS) is 15.6. The van der Waals surface area contributed by atoms with Gasteiger partial charge in [0.05, 0.1) is 20.6 Å². The average Bonchev–Trinajstić information content (AvgIpc) is 3.21. The molecule has 152 valence electrons. The van der Waals surface area contributed by atoms with E-state index in [1.54, 1.807) is 36.4 Å². The van der Waals surface area contributed by atoms with Gasteiger partial charge < -0.3 is 4.90 Å². The first-order valence-electron chi connectivity index (χ1n) is 8.76. The highest BCUT2D eigenvalue weighted by molar-refractivity contribution is 9.10. The summed E-state index contributed by atoms with van der Waals surface area (Å²) >= 11 is 17.0. The van der Waals surface area contributed by atoms with Crippen LogP contribution in [0.3, 0.4) is 0 Å². The van der Waals surface area contributed by atoms with Gasteiger partial charge in [-0.25, -0.2) is 13.4 Å². The number of nitrogens with zero attached hydrogens (tertiary/aromatic N) is 3. The number of benzene rings is 2. The second-order valence-corrected chi connectivity index (χ2v) is 11.0. The van der Waals surface area contributed by atoms with Crippen molar-refractivity contribution >= 4 is 65.6 Å². The molecular formula is C19H16BrCl2N3O2S2. The first kappa shape index (κ1) is 21.1. The van der Waals surface area contributed by atoms with Crippen molar-refractivity contribution in [1.29, 1.82) is 0 Å². The molecule has 4 rings (SSSR count). The summed E-state index contributed by atoms with van der Waals surface area (Å²) in [5, 5.41) is 3.84. The smallest absolute Gasteiger partial charge is 0.243 e. The van der Waals surface area contributed by atoms with Crippen LogP contribution in [0.1, 0.15) is 0 Å². The zero-order valence-electron chi connectivity index (χ0n) is 15.1. The molecule has 2 aromatic carbocycles. The van der Waals surface area contributed by atoms with Crippen LogP contribution in [0.2, 0.25) is 10.0 Å². The van der Waals surface area contributed by atoms with Gasteiger partial charge in [0, 0.05) is 41.6 Å². The standard InChI is InChI=1S/C19H16BrCl2N3O2S2/c20-14-2-4-15(5-3-14)29(26,27)25-9-7-24(8-10-25)19-23-18(12-28-19)13-1-6-16(21)17(22)11-13/h1-6,11-12H,7-10H2. The van der Waals surface area contributed by atoms with Crippen LogP contribution >= 0.6 is 50.5 Å². The van der Waals surface area contributed by atoms with E-state index in [-0.39, 0.29) is 0 Å². The Labute approximate surface area is 192 Å². The molecule has 1 aromatic heterocycles. The molecule has 2 heterocycles. The van der Waals surface area contributed by atoms with E-state index in [1.165, 1.54) is 15.6 Å². The van der Waals surface area contributed by atoms with Gasteiger partial charge in [-0.15, -0.1) is 11.3 Å². The van der Waals surface area contributed by atoms with Gasteiger partial charge in [-0.05, 0) is 36.4 Å². The van der Waals surface area contributed by atoms with Crippen molar-refractivity contribution < 1.29 is 8.42 Å². The summed E-state index contributed by atoms with van der Waals surface area (Å²) in [6, 6.07) is 12.2. The van der Waals surface area contributed by atoms with E-state index < -0.39 is 10.0 Å². The van der Waals surface area contributed by atoms with Crippen LogP contribution in [0.4, 0.5) is 5.13 Å². The van der Waals surface area contributed by atoms with Crippen LogP contribution in [0.15, 0.2) is 57.2 Å². The van der Waals surface area contributed by atoms with E-state index in [4.69, 9.17) is 28.2 Å². The van der Waals surface area contributed by atoms with E-state index >= 15 is 0 Å². The molecule has 0 unspecified atom stereocenters. The number of piperazine rings is 1. The molecule has 0 N–H and O–H groups in total. The number of aromatic nitrogens is 1. The van der Waals surface area contributed by atoms with E-state index in [1.807, 2.05) is 11.4 Å². The first-order chi connectivity index (χ1) is 13.8. The molecule has 29 heavy (non-hydrogen) atoms. The number of halogens is 3. The lowest BCUT2D eigenvalue weighted by Gasteiger charge is -2.33. The lowest BCUT2D eigenvalue weighted by atomic mass is 10.2. The molecule has 0 atom stereocenters. The molecule has 1 fully saturated rings. The summed E-state index contributed by atoms with van der Waals surface area (Å²) in [4.78, 5) is 7.12. The van der Waals surface area contributed by atoms with Gasteiger partial charge in [-0.2, -0.15) is 4.31 Å². The third-order valence-electron chi connectivity index (χ3n) is 4.67. The van der Waals surface area contributed by atoms with Gasteiger partial charge in [-0.3, -0.25) is 0 Å². The third kappa shape index (κ3) is 4.47. The topological polar surface area (TPSA) is 53.5 Å². The lowest BCUT2D eigenvalue weighted by molar-refractivity contribution is 0.385. The summed E-state index contributed by atoms with van der Waals surface area (Å²) in [7, 11) is -3.49. The predicted molar refractivity (Wildman–Crippen MR) is 123 cm³/mol. The fourth-order valence-electron chi connectivity index (χ4n) is 3.07. The molecule has 0 saturated carbocycles. The Balaban J connectivity index is 1.45. The Kier molecular flexibility index (Phi) is 6.20. The predicted octanol–water partition coefficient (Wildman–Crippen LogP) is 5.39. The average molecular weight is 533 g/mol. The van der Waals surface area contributed by atoms with Crippen molar-refractivity contribution in [3.05, 3.63) is 62.4 Å². The van der Waals surface area contributed by atoms with Gasteiger partial charge in [0.15, 0.2) is 5.13 Å². The number of rotatable bonds is 4. The van der Waals surface area contributed by atoms with E-state index in [0.29, 0.717) is 41.1 Å². The van der Waals surface area contributed by atoms with Crippen molar-refractivity contribution in [3.63, 3.8) is 0 Å². The Morgan fingerprint density at radius 1 is 0.966 bits per heavy atom. The fourth-order valence-corrected chi connectivity index (χ4v) is 5.95. The van der Waals surface area contributed by atoms with E-state index in [9.17, 15) is 8.42 Å². The second-order valence-electron chi connectivity index (χ2n) is 6.49. The summed E-state index contributed by atoms with van der Waals surface area (Å²) in [5.74, 6) is 0. The van der Waals surface area contributed by atoms with Crippen LogP contribution < -0.4 is 4.90 Å². The second kappa shape index (κ2) is 8.53. The van der Waals surface area contributed by atoms with Crippen LogP contribution in [0, 0.1) is 0 Å². The monoisotopic (exact) mass is 531 g/mol. The van der Waals surface area contributed by atoms with Gasteiger partial charge >= 0.3 is 0 Å². The van der Waals surface area contributed by atoms with Crippen LogP contribution in [0.5, 0.6) is 0 Å². The summed E-state index contributed by atoms with van der Waals surface area (Å²) in [6.45, 7) is 2.01. The number of anilines is 1. The number of hydrogen-bond acceptors (Lipinski definition) is 5. The summed E-state index contributed by atoms with van der Waals surface area (Å²) in [6.07, 6.45) is 0. The van der Waals surface area contributed by atoms with E-state index in [2.05, 4.69) is 20.8 Å². The molecule has 1 aliphatic rings. The van der Waals surface area contributed by atoms with Crippen LogP contribution in [-0.2, 0) is 10.0 Å². The zero-order valence-corrected chi connectivity index (χ0v) is 19.8. The SMILES string of the molecule is O=S(=O)(c1ccc(Br)cc1)N1CCN(c2nc(-c3ccc(Cl)c(Cl)c3)cs2)CC1. The molecule has 0 aliphatic carbocycles. The molecular weight excluding hydrogens is 517 g/mol. The largest absolute Gasteiger partial charge is 0.345 e. The minimum atomic E-state index is -3.49. The van der Waals surface area contributed by atoms with Crippen LogP contribution in [-0.4, -0.2) is 43.9 Å². The maximum absolute atomic E-state index is 12.8. The van der Waals surface area contributed by atoms with E-state index in [0.717, 1.165) is 20.9 Å². The number of sulfonamides is 1. The molecule has 10 heteroatoms. The Morgan fingerprint density at radius 2 is 1.66 bits per heavy atom. The van der Waals surface area contributed by atoms with Crippen molar-refractivity contribution in [1.82, 2.24) is 9.29 Å². The maximum Gasteiger partial charge on any atom is 0.243 e. The van der Waals surface area contributed by atoms with Gasteiger partial charge in [-0.1, -0.05) is 45.2 Å². The van der Waals surface area contributed by atoms with Gasteiger partial charge in [0.25, 0.3) is 0 Å². The fraction of sp³-hybridized carbons (Fsp3) is 0.211. The molecule has 3 aromatic rings. The van der Waals surface area contributed by atoms with Crippen molar-refractivity contribution in [2.24, 2.45) is 0 Å². The lowest BCUT2D eigenvalue weighted by Crippen LogP contribution is -2.48. The highest BCUT2D eigenvalue weighted by Crippen LogP contribution is 2.32. The molecule has 0 spiro atoms. The molecule has 1 saturated heterocycles. The van der Waals surface area contributed by atoms with Crippen molar-refractivity contribution in [3.8, 4) is 11.3 Å². The zero-order chi connectivity index (χ0) is 20.6. The first-order valence-corrected chi connectivity index (χ1v) is 12.6.